The van der Waals surface area contributed by atoms with Gasteiger partial charge in [-0.05, 0) is 57.7 Å². The van der Waals surface area contributed by atoms with E-state index in [0.717, 1.165) is 12.8 Å². The average Bonchev–Trinajstić information content (AvgIpc) is 2.48. The van der Waals surface area contributed by atoms with Crippen LogP contribution in [0.4, 0.5) is 0 Å². The number of ether oxygens (including phenoxy) is 1. The summed E-state index contributed by atoms with van der Waals surface area (Å²) < 4.78 is 33.0. The van der Waals surface area contributed by atoms with Crippen LogP contribution < -0.4 is 14.8 Å². The van der Waals surface area contributed by atoms with Gasteiger partial charge in [0.1, 0.15) is 10.6 Å². The highest BCUT2D eigenvalue weighted by molar-refractivity contribution is 7.89. The summed E-state index contributed by atoms with van der Waals surface area (Å²) in [5, 5.41) is 2.82. The number of nitrogens with one attached hydrogen (secondary N) is 2. The van der Waals surface area contributed by atoms with Gasteiger partial charge in [-0.25, -0.2) is 13.1 Å². The highest BCUT2D eigenvalue weighted by Gasteiger charge is 2.26. The molecule has 0 saturated heterocycles. The van der Waals surface area contributed by atoms with Crippen molar-refractivity contribution in [1.82, 2.24) is 10.0 Å². The van der Waals surface area contributed by atoms with Gasteiger partial charge in [-0.1, -0.05) is 13.8 Å². The van der Waals surface area contributed by atoms with Gasteiger partial charge in [0.05, 0.1) is 7.11 Å². The van der Waals surface area contributed by atoms with Crippen LogP contribution in [0.3, 0.4) is 0 Å². The van der Waals surface area contributed by atoms with Crippen LogP contribution >= 0.6 is 0 Å². The van der Waals surface area contributed by atoms with Crippen molar-refractivity contribution in [3.05, 3.63) is 23.8 Å². The first-order valence-electron chi connectivity index (χ1n) is 8.46. The number of rotatable bonds is 8. The Kier molecular flexibility index (Phi) is 7.44. The van der Waals surface area contributed by atoms with Gasteiger partial charge in [0.2, 0.25) is 10.0 Å². The van der Waals surface area contributed by atoms with Crippen LogP contribution in [-0.2, 0) is 10.0 Å². The van der Waals surface area contributed by atoms with Crippen LogP contribution in [0.15, 0.2) is 23.1 Å². The van der Waals surface area contributed by atoms with Crippen LogP contribution in [0, 0.1) is 5.92 Å². The molecule has 142 valence electrons. The smallest absolute Gasteiger partial charge is 0.251 e. The average molecular weight is 371 g/mol. The molecule has 0 fully saturated rings. The lowest BCUT2D eigenvalue weighted by Gasteiger charge is -2.21. The van der Waals surface area contributed by atoms with Crippen molar-refractivity contribution in [2.75, 3.05) is 13.7 Å². The predicted molar refractivity (Wildman–Crippen MR) is 99.5 cm³/mol. The van der Waals surface area contributed by atoms with Crippen LogP contribution in [0.5, 0.6) is 5.75 Å². The van der Waals surface area contributed by atoms with Crippen molar-refractivity contribution in [2.24, 2.45) is 5.92 Å². The molecular formula is C18H30N2O4S. The van der Waals surface area contributed by atoms with E-state index in [2.05, 4.69) is 23.9 Å². The summed E-state index contributed by atoms with van der Waals surface area (Å²) >= 11 is 0. The number of amides is 1. The van der Waals surface area contributed by atoms with E-state index in [1.165, 1.54) is 19.2 Å². The Bertz CT molecular complexity index is 692. The second-order valence-corrected chi connectivity index (χ2v) is 9.16. The fraction of sp³-hybridized carbons (Fsp3) is 0.611. The maximum absolute atomic E-state index is 12.6. The van der Waals surface area contributed by atoms with Gasteiger partial charge in [0, 0.05) is 17.6 Å². The van der Waals surface area contributed by atoms with Gasteiger partial charge in [-0.3, -0.25) is 4.79 Å². The Labute approximate surface area is 151 Å². The van der Waals surface area contributed by atoms with Gasteiger partial charge in [0.15, 0.2) is 0 Å². The zero-order chi connectivity index (χ0) is 19.3. The van der Waals surface area contributed by atoms with Gasteiger partial charge < -0.3 is 10.1 Å². The Morgan fingerprint density at radius 2 is 1.88 bits per heavy atom. The molecule has 7 heteroatoms. The molecule has 1 amide bonds. The van der Waals surface area contributed by atoms with Crippen molar-refractivity contribution in [3.63, 3.8) is 0 Å². The van der Waals surface area contributed by atoms with Crippen molar-refractivity contribution in [3.8, 4) is 5.75 Å². The highest BCUT2D eigenvalue weighted by atomic mass is 32.2. The topological polar surface area (TPSA) is 84.5 Å². The summed E-state index contributed by atoms with van der Waals surface area (Å²) in [4.78, 5) is 12.2. The molecule has 0 aliphatic heterocycles. The van der Waals surface area contributed by atoms with Crippen LogP contribution in [0.2, 0.25) is 0 Å². The number of methoxy groups -OCH3 is 1. The first-order valence-corrected chi connectivity index (χ1v) is 9.95. The largest absolute Gasteiger partial charge is 0.495 e. The molecule has 0 radical (unpaired) electrons. The molecule has 1 rings (SSSR count). The molecule has 0 aromatic heterocycles. The van der Waals surface area contributed by atoms with Crippen LogP contribution in [0.25, 0.3) is 0 Å². The lowest BCUT2D eigenvalue weighted by atomic mass is 10.1. The molecule has 0 unspecified atom stereocenters. The molecule has 1 aromatic rings. The summed E-state index contributed by atoms with van der Waals surface area (Å²) in [6.07, 6.45) is 1.91. The Morgan fingerprint density at radius 3 is 2.40 bits per heavy atom. The molecule has 0 saturated carbocycles. The molecule has 0 aliphatic rings. The summed E-state index contributed by atoms with van der Waals surface area (Å²) in [6.45, 7) is 10.1. The van der Waals surface area contributed by atoms with Crippen LogP contribution in [-0.4, -0.2) is 33.5 Å². The van der Waals surface area contributed by atoms with Gasteiger partial charge >= 0.3 is 0 Å². The highest BCUT2D eigenvalue weighted by Crippen LogP contribution is 2.26. The van der Waals surface area contributed by atoms with E-state index in [9.17, 15) is 13.2 Å². The van der Waals surface area contributed by atoms with Gasteiger partial charge in [-0.2, -0.15) is 0 Å². The summed E-state index contributed by atoms with van der Waals surface area (Å²) in [6, 6.07) is 4.41. The molecule has 0 heterocycles. The van der Waals surface area contributed by atoms with Crippen molar-refractivity contribution in [2.45, 2.75) is 57.9 Å². The minimum Gasteiger partial charge on any atom is -0.495 e. The van der Waals surface area contributed by atoms with Crippen molar-refractivity contribution < 1.29 is 17.9 Å². The zero-order valence-corrected chi connectivity index (χ0v) is 16.8. The predicted octanol–water partition coefficient (Wildman–Crippen LogP) is 2.94. The number of carbonyl (C=O) groups is 1. The summed E-state index contributed by atoms with van der Waals surface area (Å²) in [7, 11) is -2.41. The fourth-order valence-corrected chi connectivity index (χ4v) is 3.91. The van der Waals surface area contributed by atoms with Crippen molar-refractivity contribution in [1.29, 1.82) is 0 Å². The van der Waals surface area contributed by atoms with E-state index in [4.69, 9.17) is 4.74 Å². The summed E-state index contributed by atoms with van der Waals surface area (Å²) in [5.41, 5.74) is -0.349. The van der Waals surface area contributed by atoms with E-state index < -0.39 is 15.6 Å². The number of carbonyl (C=O) groups excluding carboxylic acids is 1. The second kappa shape index (κ2) is 8.67. The molecule has 2 N–H and O–H groups in total. The molecule has 6 nitrogen and oxygen atoms in total. The normalized spacial score (nSPS) is 12.3. The Morgan fingerprint density at radius 1 is 1.24 bits per heavy atom. The SMILES string of the molecule is COc1ccc(C(=O)NCCCC(C)C)cc1S(=O)(=O)NC(C)(C)C. The van der Waals surface area contributed by atoms with Gasteiger partial charge in [0.25, 0.3) is 5.91 Å². The molecular weight excluding hydrogens is 340 g/mol. The monoisotopic (exact) mass is 370 g/mol. The van der Waals surface area contributed by atoms with E-state index >= 15 is 0 Å². The van der Waals surface area contributed by atoms with Crippen molar-refractivity contribution >= 4 is 15.9 Å². The van der Waals surface area contributed by atoms with E-state index in [-0.39, 0.29) is 16.6 Å². The molecule has 0 bridgehead atoms. The lowest BCUT2D eigenvalue weighted by Crippen LogP contribution is -2.40. The third-order valence-electron chi connectivity index (χ3n) is 3.40. The molecule has 0 aliphatic carbocycles. The van der Waals surface area contributed by atoms with E-state index in [0.29, 0.717) is 18.0 Å². The number of hydrogen-bond donors (Lipinski definition) is 2. The van der Waals surface area contributed by atoms with E-state index in [1.807, 2.05) is 0 Å². The third-order valence-corrected chi connectivity index (χ3v) is 5.18. The number of benzene rings is 1. The first kappa shape index (κ1) is 21.4. The molecule has 25 heavy (non-hydrogen) atoms. The number of sulfonamides is 1. The summed E-state index contributed by atoms with van der Waals surface area (Å²) in [5.74, 6) is 0.491. The number of hydrogen-bond acceptors (Lipinski definition) is 4. The maximum Gasteiger partial charge on any atom is 0.251 e. The quantitative estimate of drug-likeness (QED) is 0.689. The fourth-order valence-electron chi connectivity index (χ4n) is 2.30. The molecule has 1 aromatic carbocycles. The third kappa shape index (κ3) is 7.04. The van der Waals surface area contributed by atoms with Gasteiger partial charge in [-0.15, -0.1) is 0 Å². The maximum atomic E-state index is 12.6. The van der Waals surface area contributed by atoms with Crippen LogP contribution in [0.1, 0.15) is 57.8 Å². The second-order valence-electron chi connectivity index (χ2n) is 7.51. The minimum absolute atomic E-state index is 0.0419. The lowest BCUT2D eigenvalue weighted by molar-refractivity contribution is 0.0952. The zero-order valence-electron chi connectivity index (χ0n) is 16.0. The molecule has 0 atom stereocenters. The molecule has 0 spiro atoms. The Balaban J connectivity index is 3.00. The first-order chi connectivity index (χ1) is 11.5. The Hall–Kier alpha value is -1.60. The minimum atomic E-state index is -3.81. The standard InChI is InChI=1S/C18H30N2O4S/c1-13(2)8-7-11-19-17(21)14-9-10-15(24-6)16(12-14)25(22,23)20-18(3,4)5/h9-10,12-13,20H,7-8,11H2,1-6H3,(H,19,21). The van der Waals surface area contributed by atoms with E-state index in [1.54, 1.807) is 26.8 Å².